The van der Waals surface area contributed by atoms with Crippen molar-refractivity contribution in [2.75, 3.05) is 30.9 Å². The zero-order valence-electron chi connectivity index (χ0n) is 12.0. The number of nitrogens with one attached hydrogen (secondary N) is 2. The summed E-state index contributed by atoms with van der Waals surface area (Å²) in [6.45, 7) is 0.761. The van der Waals surface area contributed by atoms with Crippen molar-refractivity contribution in [2.24, 2.45) is 0 Å². The number of nitrogens with zero attached hydrogens (tertiary/aromatic N) is 3. The molecule has 0 aliphatic rings. The van der Waals surface area contributed by atoms with Crippen molar-refractivity contribution in [3.05, 3.63) is 44.7 Å². The van der Waals surface area contributed by atoms with E-state index in [0.717, 1.165) is 0 Å². The lowest BCUT2D eigenvalue weighted by atomic mass is 10.3. The molecule has 2 rings (SSSR count). The summed E-state index contributed by atoms with van der Waals surface area (Å²) in [6, 6.07) is 4.77. The first kappa shape index (κ1) is 17.2. The summed E-state index contributed by atoms with van der Waals surface area (Å²) in [5.41, 5.74) is 0.249. The van der Waals surface area contributed by atoms with Gasteiger partial charge < -0.3 is 15.4 Å². The maximum absolute atomic E-state index is 11.4. The van der Waals surface area contributed by atoms with Crippen LogP contribution in [0.1, 0.15) is 0 Å². The number of aromatic nitrogens is 2. The zero-order chi connectivity index (χ0) is 16.8. The zero-order valence-corrected chi connectivity index (χ0v) is 13.6. The van der Waals surface area contributed by atoms with E-state index >= 15 is 0 Å². The average Bonchev–Trinajstić information content (AvgIpc) is 2.51. The number of hydrogen-bond donors (Lipinski definition) is 2. The molecule has 1 aromatic carbocycles. The Morgan fingerprint density at radius 3 is 2.65 bits per heavy atom. The fraction of sp³-hybridized carbons (Fsp3) is 0.231. The first-order valence-corrected chi connectivity index (χ1v) is 7.22. The Hall–Kier alpha value is -2.16. The lowest BCUT2D eigenvalue weighted by Gasteiger charge is -2.10. The van der Waals surface area contributed by atoms with Crippen molar-refractivity contribution in [3.63, 3.8) is 0 Å². The summed E-state index contributed by atoms with van der Waals surface area (Å²) < 4.78 is 4.90. The molecule has 0 saturated carbocycles. The molecule has 0 atom stereocenters. The van der Waals surface area contributed by atoms with Crippen molar-refractivity contribution in [1.29, 1.82) is 0 Å². The molecule has 0 fully saturated rings. The van der Waals surface area contributed by atoms with Gasteiger partial charge in [-0.2, -0.15) is 0 Å². The van der Waals surface area contributed by atoms with Crippen LogP contribution < -0.4 is 10.6 Å². The highest BCUT2D eigenvalue weighted by Crippen LogP contribution is 2.32. The van der Waals surface area contributed by atoms with Crippen LogP contribution in [0.3, 0.4) is 0 Å². The third kappa shape index (κ3) is 4.41. The SMILES string of the molecule is COCCNc1ncnc(Nc2ccc(Cl)c(Cl)c2)c1[N+](=O)[O-]. The molecule has 0 amide bonds. The second-order valence-corrected chi connectivity index (χ2v) is 5.16. The number of ether oxygens (including phenoxy) is 1. The molecule has 10 heteroatoms. The van der Waals surface area contributed by atoms with E-state index in [9.17, 15) is 10.1 Å². The van der Waals surface area contributed by atoms with E-state index in [4.69, 9.17) is 27.9 Å². The molecule has 0 aliphatic heterocycles. The molecule has 0 spiro atoms. The molecule has 1 aromatic heterocycles. The molecule has 8 nitrogen and oxygen atoms in total. The summed E-state index contributed by atoms with van der Waals surface area (Å²) in [5.74, 6) is 0.146. The summed E-state index contributed by atoms with van der Waals surface area (Å²) >= 11 is 11.8. The predicted octanol–water partition coefficient (Wildman–Crippen LogP) is 3.49. The second-order valence-electron chi connectivity index (χ2n) is 4.35. The molecule has 0 bridgehead atoms. The molecule has 2 N–H and O–H groups in total. The normalized spacial score (nSPS) is 10.4. The van der Waals surface area contributed by atoms with E-state index in [1.54, 1.807) is 18.2 Å². The number of benzene rings is 1. The Morgan fingerprint density at radius 1 is 1.26 bits per heavy atom. The fourth-order valence-corrected chi connectivity index (χ4v) is 2.05. The van der Waals surface area contributed by atoms with Gasteiger partial charge in [-0.1, -0.05) is 23.2 Å². The Kier molecular flexibility index (Phi) is 5.91. The monoisotopic (exact) mass is 357 g/mol. The molecule has 0 aliphatic carbocycles. The van der Waals surface area contributed by atoms with E-state index in [-0.39, 0.29) is 17.3 Å². The minimum atomic E-state index is -0.561. The number of methoxy groups -OCH3 is 1. The lowest BCUT2D eigenvalue weighted by Crippen LogP contribution is -2.12. The van der Waals surface area contributed by atoms with Gasteiger partial charge >= 0.3 is 5.69 Å². The highest BCUT2D eigenvalue weighted by Gasteiger charge is 2.23. The van der Waals surface area contributed by atoms with Crippen molar-refractivity contribution in [3.8, 4) is 0 Å². The van der Waals surface area contributed by atoms with Gasteiger partial charge in [-0.3, -0.25) is 10.1 Å². The van der Waals surface area contributed by atoms with Crippen LogP contribution in [0.4, 0.5) is 23.0 Å². The van der Waals surface area contributed by atoms with Crippen LogP contribution in [0, 0.1) is 10.1 Å². The molecule has 122 valence electrons. The smallest absolute Gasteiger partial charge is 0.353 e. The van der Waals surface area contributed by atoms with Crippen LogP contribution in [0.25, 0.3) is 0 Å². The van der Waals surface area contributed by atoms with Crippen LogP contribution in [-0.2, 0) is 4.74 Å². The number of anilines is 3. The van der Waals surface area contributed by atoms with Crippen LogP contribution in [0.15, 0.2) is 24.5 Å². The van der Waals surface area contributed by atoms with Crippen molar-refractivity contribution < 1.29 is 9.66 Å². The van der Waals surface area contributed by atoms with Gasteiger partial charge in [-0.15, -0.1) is 0 Å². The van der Waals surface area contributed by atoms with Gasteiger partial charge in [0.1, 0.15) is 6.33 Å². The highest BCUT2D eigenvalue weighted by molar-refractivity contribution is 6.42. The van der Waals surface area contributed by atoms with Crippen LogP contribution in [-0.4, -0.2) is 35.2 Å². The Labute approximate surface area is 141 Å². The predicted molar refractivity (Wildman–Crippen MR) is 88.8 cm³/mol. The number of halogens is 2. The van der Waals surface area contributed by atoms with Gasteiger partial charge in [-0.05, 0) is 18.2 Å². The van der Waals surface area contributed by atoms with Crippen LogP contribution >= 0.6 is 23.2 Å². The van der Waals surface area contributed by atoms with E-state index in [1.807, 2.05) is 0 Å². The van der Waals surface area contributed by atoms with Gasteiger partial charge in [0.25, 0.3) is 0 Å². The van der Waals surface area contributed by atoms with Gasteiger partial charge in [-0.25, -0.2) is 9.97 Å². The molecular formula is C13H13Cl2N5O3. The van der Waals surface area contributed by atoms with Crippen molar-refractivity contribution in [2.45, 2.75) is 0 Å². The van der Waals surface area contributed by atoms with Gasteiger partial charge in [0.15, 0.2) is 0 Å². The number of rotatable bonds is 7. The third-order valence-electron chi connectivity index (χ3n) is 2.79. The minimum Gasteiger partial charge on any atom is -0.383 e. The summed E-state index contributed by atoms with van der Waals surface area (Å²) in [7, 11) is 1.54. The summed E-state index contributed by atoms with van der Waals surface area (Å²) in [5, 5.41) is 17.7. The Bertz CT molecular complexity index is 714. The second kappa shape index (κ2) is 7.91. The van der Waals surface area contributed by atoms with E-state index < -0.39 is 4.92 Å². The maximum atomic E-state index is 11.4. The van der Waals surface area contributed by atoms with Gasteiger partial charge in [0, 0.05) is 19.3 Å². The number of hydrogen-bond acceptors (Lipinski definition) is 7. The average molecular weight is 358 g/mol. The van der Waals surface area contributed by atoms with Crippen LogP contribution in [0.5, 0.6) is 0 Å². The van der Waals surface area contributed by atoms with E-state index in [2.05, 4.69) is 20.6 Å². The fourth-order valence-electron chi connectivity index (χ4n) is 1.75. The Morgan fingerprint density at radius 2 is 2.00 bits per heavy atom. The molecule has 1 heterocycles. The quantitative estimate of drug-likeness (QED) is 0.444. The maximum Gasteiger partial charge on any atom is 0.353 e. The molecule has 0 saturated heterocycles. The van der Waals surface area contributed by atoms with E-state index in [0.29, 0.717) is 28.9 Å². The molecule has 23 heavy (non-hydrogen) atoms. The summed E-state index contributed by atoms with van der Waals surface area (Å²) in [6.07, 6.45) is 1.22. The Balaban J connectivity index is 2.31. The lowest BCUT2D eigenvalue weighted by molar-refractivity contribution is -0.383. The molecule has 0 radical (unpaired) electrons. The molecular weight excluding hydrogens is 345 g/mol. The largest absolute Gasteiger partial charge is 0.383 e. The molecule has 2 aromatic rings. The number of nitro groups is 1. The van der Waals surface area contributed by atoms with Crippen molar-refractivity contribution in [1.82, 2.24) is 9.97 Å². The topological polar surface area (TPSA) is 102 Å². The minimum absolute atomic E-state index is 0.0447. The first-order valence-electron chi connectivity index (χ1n) is 6.47. The highest BCUT2D eigenvalue weighted by atomic mass is 35.5. The van der Waals surface area contributed by atoms with Crippen molar-refractivity contribution >= 4 is 46.2 Å². The first-order chi connectivity index (χ1) is 11.0. The standard InChI is InChI=1S/C13H13Cl2N5O3/c1-23-5-4-16-12-11(20(21)22)13(18-7-17-12)19-8-2-3-9(14)10(15)6-8/h2-3,6-7H,4-5H2,1H3,(H2,16,17,18,19). The van der Waals surface area contributed by atoms with E-state index in [1.165, 1.54) is 13.4 Å². The van der Waals surface area contributed by atoms with Gasteiger partial charge in [0.05, 0.1) is 21.6 Å². The van der Waals surface area contributed by atoms with Gasteiger partial charge in [0.2, 0.25) is 11.6 Å². The van der Waals surface area contributed by atoms with Crippen LogP contribution in [0.2, 0.25) is 10.0 Å². The third-order valence-corrected chi connectivity index (χ3v) is 3.52. The summed E-state index contributed by atoms with van der Waals surface area (Å²) in [4.78, 5) is 18.6. The molecule has 0 unspecified atom stereocenters.